The van der Waals surface area contributed by atoms with Crippen molar-refractivity contribution in [3.8, 4) is 0 Å². The van der Waals surface area contributed by atoms with Crippen molar-refractivity contribution in [2.24, 2.45) is 0 Å². The number of rotatable bonds is 7. The SMILES string of the molecule is CCSC1CCC1(O)CNc1cc(CO)ccc1[N+](=O)[O-]. The van der Waals surface area contributed by atoms with E-state index in [1.165, 1.54) is 12.1 Å². The van der Waals surface area contributed by atoms with Gasteiger partial charge in [0.05, 0.1) is 17.1 Å². The number of nitro benzene ring substituents is 1. The van der Waals surface area contributed by atoms with Gasteiger partial charge in [0, 0.05) is 17.9 Å². The normalized spacial score (nSPS) is 24.4. The van der Waals surface area contributed by atoms with Crippen LogP contribution in [0.3, 0.4) is 0 Å². The highest BCUT2D eigenvalue weighted by Gasteiger charge is 2.45. The van der Waals surface area contributed by atoms with Crippen LogP contribution in [0.2, 0.25) is 0 Å². The minimum atomic E-state index is -0.816. The Morgan fingerprint density at radius 2 is 2.33 bits per heavy atom. The zero-order chi connectivity index (χ0) is 15.5. The van der Waals surface area contributed by atoms with Crippen LogP contribution in [0, 0.1) is 10.1 Å². The summed E-state index contributed by atoms with van der Waals surface area (Å²) in [5.74, 6) is 0.938. The lowest BCUT2D eigenvalue weighted by atomic mass is 9.79. The summed E-state index contributed by atoms with van der Waals surface area (Å²) in [4.78, 5) is 10.6. The van der Waals surface area contributed by atoms with E-state index in [1.807, 2.05) is 6.92 Å². The number of thioether (sulfide) groups is 1. The molecule has 7 heteroatoms. The van der Waals surface area contributed by atoms with Gasteiger partial charge in [-0.2, -0.15) is 11.8 Å². The van der Waals surface area contributed by atoms with Gasteiger partial charge >= 0.3 is 0 Å². The van der Waals surface area contributed by atoms with Crippen molar-refractivity contribution < 1.29 is 15.1 Å². The Morgan fingerprint density at radius 1 is 1.57 bits per heavy atom. The Bertz CT molecular complexity index is 526. The molecular weight excluding hydrogens is 292 g/mol. The Balaban J connectivity index is 2.10. The number of hydrogen-bond donors (Lipinski definition) is 3. The quantitative estimate of drug-likeness (QED) is 0.527. The number of anilines is 1. The van der Waals surface area contributed by atoms with Gasteiger partial charge in [-0.25, -0.2) is 0 Å². The molecule has 0 radical (unpaired) electrons. The lowest BCUT2D eigenvalue weighted by Gasteiger charge is -2.45. The van der Waals surface area contributed by atoms with Crippen LogP contribution in [0.1, 0.15) is 25.3 Å². The average molecular weight is 312 g/mol. The van der Waals surface area contributed by atoms with Crippen LogP contribution in [0.5, 0.6) is 0 Å². The molecule has 0 spiro atoms. The van der Waals surface area contributed by atoms with Gasteiger partial charge in [-0.15, -0.1) is 0 Å². The topological polar surface area (TPSA) is 95.6 Å². The number of nitro groups is 1. The molecule has 1 saturated carbocycles. The van der Waals surface area contributed by atoms with E-state index in [4.69, 9.17) is 5.11 Å². The summed E-state index contributed by atoms with van der Waals surface area (Å²) in [6.07, 6.45) is 1.67. The molecule has 0 amide bonds. The highest BCUT2D eigenvalue weighted by molar-refractivity contribution is 8.00. The molecule has 0 heterocycles. The van der Waals surface area contributed by atoms with Gasteiger partial charge in [-0.1, -0.05) is 6.92 Å². The van der Waals surface area contributed by atoms with Gasteiger partial charge in [-0.3, -0.25) is 10.1 Å². The van der Waals surface area contributed by atoms with Gasteiger partial charge in [0.25, 0.3) is 5.69 Å². The molecule has 1 aliphatic carbocycles. The summed E-state index contributed by atoms with van der Waals surface area (Å²) < 4.78 is 0. The summed E-state index contributed by atoms with van der Waals surface area (Å²) in [5, 5.41) is 33.8. The maximum Gasteiger partial charge on any atom is 0.292 e. The van der Waals surface area contributed by atoms with E-state index >= 15 is 0 Å². The van der Waals surface area contributed by atoms with E-state index in [0.717, 1.165) is 12.2 Å². The molecule has 0 bridgehead atoms. The Morgan fingerprint density at radius 3 is 2.86 bits per heavy atom. The molecule has 2 unspecified atom stereocenters. The molecule has 2 rings (SSSR count). The number of aliphatic hydroxyl groups is 2. The van der Waals surface area contributed by atoms with Gasteiger partial charge in [0.1, 0.15) is 5.69 Å². The number of nitrogens with one attached hydrogen (secondary N) is 1. The van der Waals surface area contributed by atoms with Crippen LogP contribution in [-0.4, -0.2) is 38.3 Å². The fraction of sp³-hybridized carbons (Fsp3) is 0.571. The molecule has 2 atom stereocenters. The van der Waals surface area contributed by atoms with Crippen LogP contribution >= 0.6 is 11.8 Å². The van der Waals surface area contributed by atoms with Gasteiger partial charge < -0.3 is 15.5 Å². The number of nitrogens with zero attached hydrogens (tertiary/aromatic N) is 1. The Hall–Kier alpha value is -1.31. The van der Waals surface area contributed by atoms with Crippen LogP contribution in [0.4, 0.5) is 11.4 Å². The second-order valence-corrected chi connectivity index (χ2v) is 6.69. The highest BCUT2D eigenvalue weighted by Crippen LogP contribution is 2.41. The van der Waals surface area contributed by atoms with Crippen molar-refractivity contribution >= 4 is 23.1 Å². The molecule has 0 aromatic heterocycles. The number of benzene rings is 1. The van der Waals surface area contributed by atoms with Crippen molar-refractivity contribution in [2.75, 3.05) is 17.6 Å². The first-order valence-corrected chi connectivity index (χ1v) is 8.01. The summed E-state index contributed by atoms with van der Waals surface area (Å²) >= 11 is 1.71. The first-order valence-electron chi connectivity index (χ1n) is 6.96. The van der Waals surface area contributed by atoms with Gasteiger partial charge in [0.15, 0.2) is 0 Å². The van der Waals surface area contributed by atoms with Crippen LogP contribution in [0.15, 0.2) is 18.2 Å². The molecule has 21 heavy (non-hydrogen) atoms. The average Bonchev–Trinajstić information content (AvgIpc) is 2.48. The fourth-order valence-corrected chi connectivity index (χ4v) is 3.67. The lowest BCUT2D eigenvalue weighted by Crippen LogP contribution is -2.54. The molecule has 1 aromatic rings. The number of aliphatic hydroxyl groups excluding tert-OH is 1. The number of hydrogen-bond acceptors (Lipinski definition) is 6. The van der Waals surface area contributed by atoms with E-state index in [9.17, 15) is 15.2 Å². The van der Waals surface area contributed by atoms with E-state index in [1.54, 1.807) is 17.8 Å². The fourth-order valence-electron chi connectivity index (χ4n) is 2.47. The molecule has 1 aliphatic rings. The maximum atomic E-state index is 11.0. The first kappa shape index (κ1) is 16.1. The van der Waals surface area contributed by atoms with Crippen molar-refractivity contribution in [2.45, 2.75) is 37.2 Å². The van der Waals surface area contributed by atoms with E-state index in [0.29, 0.717) is 17.7 Å². The van der Waals surface area contributed by atoms with Crippen molar-refractivity contribution in [1.29, 1.82) is 0 Å². The predicted octanol–water partition coefficient (Wildman–Crippen LogP) is 2.15. The largest absolute Gasteiger partial charge is 0.392 e. The van der Waals surface area contributed by atoms with Crippen LogP contribution in [0.25, 0.3) is 0 Å². The zero-order valence-corrected chi connectivity index (χ0v) is 12.7. The Labute approximate surface area is 127 Å². The lowest BCUT2D eigenvalue weighted by molar-refractivity contribution is -0.384. The van der Waals surface area contributed by atoms with Crippen LogP contribution in [-0.2, 0) is 6.61 Å². The van der Waals surface area contributed by atoms with E-state index in [-0.39, 0.29) is 24.1 Å². The molecule has 116 valence electrons. The minimum absolute atomic E-state index is 0.0465. The van der Waals surface area contributed by atoms with E-state index in [2.05, 4.69) is 5.32 Å². The van der Waals surface area contributed by atoms with Crippen molar-refractivity contribution in [3.63, 3.8) is 0 Å². The second-order valence-electron chi connectivity index (χ2n) is 5.21. The molecule has 6 nitrogen and oxygen atoms in total. The third kappa shape index (κ3) is 3.48. The molecule has 0 aliphatic heterocycles. The molecule has 0 saturated heterocycles. The zero-order valence-electron chi connectivity index (χ0n) is 11.9. The maximum absolute atomic E-state index is 11.0. The molecular formula is C14H20N2O4S. The molecule has 3 N–H and O–H groups in total. The smallest absolute Gasteiger partial charge is 0.292 e. The molecule has 1 aromatic carbocycles. The van der Waals surface area contributed by atoms with Gasteiger partial charge in [0.2, 0.25) is 0 Å². The summed E-state index contributed by atoms with van der Waals surface area (Å²) in [6, 6.07) is 4.45. The standard InChI is InChI=1S/C14H20N2O4S/c1-2-21-13-5-6-14(13,18)9-15-11-7-10(8-17)3-4-12(11)16(19)20/h3-4,7,13,15,17-18H,2,5-6,8-9H2,1H3. The predicted molar refractivity (Wildman–Crippen MR) is 83.6 cm³/mol. The summed E-state index contributed by atoms with van der Waals surface area (Å²) in [5.41, 5.74) is 0.0779. The van der Waals surface area contributed by atoms with Crippen LogP contribution < -0.4 is 5.32 Å². The highest BCUT2D eigenvalue weighted by atomic mass is 32.2. The third-order valence-corrected chi connectivity index (χ3v) is 5.24. The molecule has 1 fully saturated rings. The monoisotopic (exact) mass is 312 g/mol. The first-order chi connectivity index (χ1) is 10.00. The second kappa shape index (κ2) is 6.64. The van der Waals surface area contributed by atoms with Gasteiger partial charge in [-0.05, 0) is 36.3 Å². The van der Waals surface area contributed by atoms with Crippen molar-refractivity contribution in [1.82, 2.24) is 0 Å². The minimum Gasteiger partial charge on any atom is -0.392 e. The summed E-state index contributed by atoms with van der Waals surface area (Å²) in [6.45, 7) is 2.15. The Kier molecular flexibility index (Phi) is 5.08. The van der Waals surface area contributed by atoms with Crippen molar-refractivity contribution in [3.05, 3.63) is 33.9 Å². The van der Waals surface area contributed by atoms with E-state index < -0.39 is 10.5 Å². The summed E-state index contributed by atoms with van der Waals surface area (Å²) in [7, 11) is 0. The third-order valence-electron chi connectivity index (χ3n) is 3.83.